The van der Waals surface area contributed by atoms with E-state index in [-0.39, 0.29) is 5.56 Å². The van der Waals surface area contributed by atoms with E-state index >= 15 is 0 Å². The molecule has 24 heavy (non-hydrogen) atoms. The molecule has 2 aromatic heterocycles. The van der Waals surface area contributed by atoms with Gasteiger partial charge in [0.05, 0.1) is 22.7 Å². The quantitative estimate of drug-likeness (QED) is 0.806. The monoisotopic (exact) mass is 321 g/mol. The van der Waals surface area contributed by atoms with Crippen molar-refractivity contribution in [3.63, 3.8) is 0 Å². The van der Waals surface area contributed by atoms with Crippen LogP contribution in [-0.4, -0.2) is 20.9 Å². The van der Waals surface area contributed by atoms with E-state index in [0.717, 1.165) is 54.8 Å². The van der Waals surface area contributed by atoms with Crippen LogP contribution in [-0.2, 0) is 12.8 Å². The van der Waals surface area contributed by atoms with Crippen LogP contribution in [0.15, 0.2) is 35.3 Å². The molecule has 1 fully saturated rings. The van der Waals surface area contributed by atoms with Gasteiger partial charge < -0.3 is 4.74 Å². The molecule has 0 radical (unpaired) electrons. The van der Waals surface area contributed by atoms with Gasteiger partial charge in [-0.2, -0.15) is 0 Å². The first kappa shape index (κ1) is 13.8. The lowest BCUT2D eigenvalue weighted by molar-refractivity contribution is 0.303. The molecule has 2 aliphatic rings. The average Bonchev–Trinajstić information content (AvgIpc) is 3.37. The highest BCUT2D eigenvalue weighted by Crippen LogP contribution is 2.28. The van der Waals surface area contributed by atoms with Crippen molar-refractivity contribution in [2.75, 3.05) is 0 Å². The standard InChI is InChI=1S/C19H19N3O2/c23-19-16-11-20-17-4-2-1-3-15(17)18(16)21-22(19)12-5-7-13(8-6-12)24-14-9-10-14/h5-8,11,14,21H,1-4,9-10H2. The predicted octanol–water partition coefficient (Wildman–Crippen LogP) is 3.13. The summed E-state index contributed by atoms with van der Waals surface area (Å²) >= 11 is 0. The van der Waals surface area contributed by atoms with Crippen LogP contribution in [0.4, 0.5) is 0 Å². The molecule has 5 heteroatoms. The Morgan fingerprint density at radius 2 is 1.92 bits per heavy atom. The maximum atomic E-state index is 12.7. The molecule has 1 N–H and O–H groups in total. The van der Waals surface area contributed by atoms with Crippen molar-refractivity contribution in [1.82, 2.24) is 14.8 Å². The number of nitrogens with zero attached hydrogens (tertiary/aromatic N) is 2. The smallest absolute Gasteiger partial charge is 0.280 e. The molecular formula is C19H19N3O2. The van der Waals surface area contributed by atoms with Gasteiger partial charge in [-0.1, -0.05) is 0 Å². The summed E-state index contributed by atoms with van der Waals surface area (Å²) < 4.78 is 7.39. The van der Waals surface area contributed by atoms with Crippen molar-refractivity contribution in [3.8, 4) is 11.4 Å². The summed E-state index contributed by atoms with van der Waals surface area (Å²) in [6, 6.07) is 7.71. The third-order valence-electron chi connectivity index (χ3n) is 4.94. The number of rotatable bonds is 3. The van der Waals surface area contributed by atoms with Crippen molar-refractivity contribution >= 4 is 10.9 Å². The van der Waals surface area contributed by atoms with E-state index in [1.807, 2.05) is 24.3 Å². The molecule has 2 heterocycles. The SMILES string of the molecule is O=c1c2cnc3c(c2[nH]n1-c1ccc(OC2CC2)cc1)CCCC3. The Hall–Kier alpha value is -2.56. The summed E-state index contributed by atoms with van der Waals surface area (Å²) in [7, 11) is 0. The summed E-state index contributed by atoms with van der Waals surface area (Å²) in [6.45, 7) is 0. The number of hydrogen-bond acceptors (Lipinski definition) is 3. The number of ether oxygens (including phenoxy) is 1. The number of hydrogen-bond donors (Lipinski definition) is 1. The number of H-pyrrole nitrogens is 1. The number of aromatic amines is 1. The number of aryl methyl sites for hydroxylation is 2. The summed E-state index contributed by atoms with van der Waals surface area (Å²) in [4.78, 5) is 17.3. The average molecular weight is 321 g/mol. The Kier molecular flexibility index (Phi) is 3.01. The fraction of sp³-hybridized carbons (Fsp3) is 0.368. The second kappa shape index (κ2) is 5.23. The fourth-order valence-corrected chi connectivity index (χ4v) is 3.48. The second-order valence-corrected chi connectivity index (χ2v) is 6.74. The van der Waals surface area contributed by atoms with Gasteiger partial charge >= 0.3 is 0 Å². The van der Waals surface area contributed by atoms with Crippen LogP contribution in [0.25, 0.3) is 16.6 Å². The molecule has 0 aliphatic heterocycles. The Labute approximate surface area is 139 Å². The van der Waals surface area contributed by atoms with Crippen LogP contribution >= 0.6 is 0 Å². The zero-order chi connectivity index (χ0) is 16.1. The normalized spacial score (nSPS) is 17.0. The van der Waals surface area contributed by atoms with E-state index in [2.05, 4.69) is 10.1 Å². The van der Waals surface area contributed by atoms with Crippen LogP contribution < -0.4 is 10.3 Å². The molecule has 5 nitrogen and oxygen atoms in total. The Bertz CT molecular complexity index is 965. The lowest BCUT2D eigenvalue weighted by atomic mass is 9.95. The Balaban J connectivity index is 1.58. The van der Waals surface area contributed by atoms with Gasteiger partial charge in [0.15, 0.2) is 0 Å². The van der Waals surface area contributed by atoms with Gasteiger partial charge in [-0.15, -0.1) is 0 Å². The molecule has 0 spiro atoms. The Morgan fingerprint density at radius 3 is 2.71 bits per heavy atom. The first-order valence-corrected chi connectivity index (χ1v) is 8.68. The van der Waals surface area contributed by atoms with Crippen LogP contribution in [0.3, 0.4) is 0 Å². The molecule has 2 aliphatic carbocycles. The van der Waals surface area contributed by atoms with Gasteiger partial charge in [-0.3, -0.25) is 14.9 Å². The molecular weight excluding hydrogens is 302 g/mol. The lowest BCUT2D eigenvalue weighted by Crippen LogP contribution is -2.14. The molecule has 3 aromatic rings. The van der Waals surface area contributed by atoms with Gasteiger partial charge in [0, 0.05) is 11.9 Å². The maximum Gasteiger partial charge on any atom is 0.280 e. The summed E-state index contributed by atoms with van der Waals surface area (Å²) in [6.07, 6.45) is 8.72. The largest absolute Gasteiger partial charge is 0.490 e. The highest BCUT2D eigenvalue weighted by Gasteiger charge is 2.23. The minimum Gasteiger partial charge on any atom is -0.490 e. The maximum absolute atomic E-state index is 12.7. The molecule has 0 amide bonds. The van der Waals surface area contributed by atoms with E-state index in [4.69, 9.17) is 4.74 Å². The molecule has 1 saturated carbocycles. The van der Waals surface area contributed by atoms with E-state index in [1.165, 1.54) is 12.0 Å². The molecule has 0 unspecified atom stereocenters. The van der Waals surface area contributed by atoms with Crippen molar-refractivity contribution in [3.05, 3.63) is 52.1 Å². The minimum absolute atomic E-state index is 0.0401. The van der Waals surface area contributed by atoms with Gasteiger partial charge in [-0.05, 0) is 68.4 Å². The lowest BCUT2D eigenvalue weighted by Gasteiger charge is -2.14. The molecule has 1 aromatic carbocycles. The zero-order valence-electron chi connectivity index (χ0n) is 13.4. The Morgan fingerprint density at radius 1 is 1.12 bits per heavy atom. The van der Waals surface area contributed by atoms with Gasteiger partial charge in [-0.25, -0.2) is 4.68 Å². The third kappa shape index (κ3) is 2.23. The van der Waals surface area contributed by atoms with E-state index in [1.54, 1.807) is 10.9 Å². The van der Waals surface area contributed by atoms with E-state index in [9.17, 15) is 4.79 Å². The molecule has 0 bridgehead atoms. The van der Waals surface area contributed by atoms with Crippen LogP contribution in [0, 0.1) is 0 Å². The van der Waals surface area contributed by atoms with Crippen molar-refractivity contribution in [2.24, 2.45) is 0 Å². The molecule has 5 rings (SSSR count). The molecule has 0 atom stereocenters. The van der Waals surface area contributed by atoms with E-state index < -0.39 is 0 Å². The fourth-order valence-electron chi connectivity index (χ4n) is 3.48. The first-order chi connectivity index (χ1) is 11.8. The summed E-state index contributed by atoms with van der Waals surface area (Å²) in [5.41, 5.74) is 4.08. The third-order valence-corrected chi connectivity index (χ3v) is 4.94. The second-order valence-electron chi connectivity index (χ2n) is 6.74. The van der Waals surface area contributed by atoms with E-state index in [0.29, 0.717) is 11.5 Å². The van der Waals surface area contributed by atoms with Crippen LogP contribution in [0.2, 0.25) is 0 Å². The van der Waals surface area contributed by atoms with Crippen molar-refractivity contribution in [1.29, 1.82) is 0 Å². The minimum atomic E-state index is -0.0401. The predicted molar refractivity (Wildman–Crippen MR) is 92.0 cm³/mol. The zero-order valence-corrected chi connectivity index (χ0v) is 13.4. The van der Waals surface area contributed by atoms with Gasteiger partial charge in [0.25, 0.3) is 5.56 Å². The van der Waals surface area contributed by atoms with Crippen molar-refractivity contribution in [2.45, 2.75) is 44.6 Å². The van der Waals surface area contributed by atoms with Crippen molar-refractivity contribution < 1.29 is 4.74 Å². The first-order valence-electron chi connectivity index (χ1n) is 8.68. The highest BCUT2D eigenvalue weighted by atomic mass is 16.5. The topological polar surface area (TPSA) is 59.9 Å². The number of pyridine rings is 1. The van der Waals surface area contributed by atoms with Crippen LogP contribution in [0.5, 0.6) is 5.75 Å². The van der Waals surface area contributed by atoms with Crippen LogP contribution in [0.1, 0.15) is 36.9 Å². The van der Waals surface area contributed by atoms with Gasteiger partial charge in [0.2, 0.25) is 0 Å². The molecule has 122 valence electrons. The number of aromatic nitrogens is 3. The summed E-state index contributed by atoms with van der Waals surface area (Å²) in [5, 5.41) is 3.98. The molecule has 0 saturated heterocycles. The van der Waals surface area contributed by atoms with Gasteiger partial charge in [0.1, 0.15) is 5.75 Å². The number of nitrogens with one attached hydrogen (secondary N) is 1. The summed E-state index contributed by atoms with van der Waals surface area (Å²) in [5.74, 6) is 0.865. The number of fused-ring (bicyclic) bond motifs is 3. The highest BCUT2D eigenvalue weighted by molar-refractivity contribution is 5.81. The number of benzene rings is 1.